The normalized spacial score (nSPS) is 18.3. The van der Waals surface area contributed by atoms with Crippen LogP contribution in [0.1, 0.15) is 43.8 Å². The van der Waals surface area contributed by atoms with Gasteiger partial charge in [-0.05, 0) is 30.9 Å². The summed E-state index contributed by atoms with van der Waals surface area (Å²) in [6.45, 7) is 1.89. The van der Waals surface area contributed by atoms with E-state index in [2.05, 4.69) is 10.3 Å². The summed E-state index contributed by atoms with van der Waals surface area (Å²) in [5.41, 5.74) is 0.805. The lowest BCUT2D eigenvalue weighted by Crippen LogP contribution is -2.51. The molecule has 1 aliphatic carbocycles. The largest absolute Gasteiger partial charge is 0.487 e. The minimum atomic E-state index is 0.241. The first-order chi connectivity index (χ1) is 12.3. The zero-order valence-electron chi connectivity index (χ0n) is 14.4. The van der Waals surface area contributed by atoms with Crippen LogP contribution in [-0.4, -0.2) is 38.9 Å². The van der Waals surface area contributed by atoms with E-state index < -0.39 is 0 Å². The number of benzene rings is 1. The van der Waals surface area contributed by atoms with Crippen molar-refractivity contribution in [2.75, 3.05) is 13.1 Å². The molecular formula is C19H24N4O2. The Morgan fingerprint density at radius 2 is 1.92 bits per heavy atom. The Hall–Kier alpha value is -2.37. The van der Waals surface area contributed by atoms with Crippen LogP contribution in [0.4, 0.5) is 0 Å². The van der Waals surface area contributed by atoms with E-state index in [-0.39, 0.29) is 6.04 Å². The average Bonchev–Trinajstić information content (AvgIpc) is 3.25. The minimum absolute atomic E-state index is 0.241. The molecule has 1 aliphatic heterocycles. The predicted molar refractivity (Wildman–Crippen MR) is 93.0 cm³/mol. The Morgan fingerprint density at radius 1 is 1.16 bits per heavy atom. The van der Waals surface area contributed by atoms with Gasteiger partial charge in [0.1, 0.15) is 18.1 Å². The van der Waals surface area contributed by atoms with Crippen LogP contribution < -0.4 is 4.74 Å². The minimum Gasteiger partial charge on any atom is -0.487 e. The fraction of sp³-hybridized carbons (Fsp3) is 0.526. The Balaban J connectivity index is 1.24. The lowest BCUT2D eigenvalue weighted by Gasteiger charge is -2.39. The number of hydrogen-bond acceptors (Lipinski definition) is 4. The second-order valence-corrected chi connectivity index (χ2v) is 7.10. The molecule has 6 nitrogen and oxygen atoms in total. The van der Waals surface area contributed by atoms with Crippen molar-refractivity contribution in [3.8, 4) is 5.75 Å². The molecule has 2 aliphatic rings. The number of para-hydroxylation sites is 1. The summed E-state index contributed by atoms with van der Waals surface area (Å²) in [6, 6.07) is 9.93. The van der Waals surface area contributed by atoms with E-state index in [1.54, 1.807) is 0 Å². The molecule has 1 saturated heterocycles. The Labute approximate surface area is 147 Å². The van der Waals surface area contributed by atoms with Gasteiger partial charge in [0.15, 0.2) is 0 Å². The summed E-state index contributed by atoms with van der Waals surface area (Å²) in [5, 5.41) is 8.37. The van der Waals surface area contributed by atoms with E-state index in [4.69, 9.17) is 4.74 Å². The predicted octanol–water partition coefficient (Wildman–Crippen LogP) is 2.82. The van der Waals surface area contributed by atoms with Crippen LogP contribution in [-0.2, 0) is 11.4 Å². The van der Waals surface area contributed by atoms with E-state index in [0.717, 1.165) is 31.0 Å². The van der Waals surface area contributed by atoms with Gasteiger partial charge in [-0.3, -0.25) is 4.79 Å². The number of ether oxygens (including phenoxy) is 1. The summed E-state index contributed by atoms with van der Waals surface area (Å²) in [5.74, 6) is 1.74. The third-order valence-corrected chi connectivity index (χ3v) is 5.21. The van der Waals surface area contributed by atoms with Crippen molar-refractivity contribution in [1.29, 1.82) is 0 Å². The van der Waals surface area contributed by atoms with Crippen molar-refractivity contribution < 1.29 is 9.53 Å². The summed E-state index contributed by atoms with van der Waals surface area (Å²) >= 11 is 0. The van der Waals surface area contributed by atoms with Crippen molar-refractivity contribution in [3.63, 3.8) is 0 Å². The molecule has 0 spiro atoms. The molecule has 2 heterocycles. The molecule has 0 N–H and O–H groups in total. The molecule has 4 rings (SSSR count). The molecule has 1 aromatic carbocycles. The monoisotopic (exact) mass is 340 g/mol. The van der Waals surface area contributed by atoms with Gasteiger partial charge < -0.3 is 9.64 Å². The second kappa shape index (κ2) is 7.25. The first kappa shape index (κ1) is 16.1. The molecule has 0 bridgehead atoms. The zero-order valence-corrected chi connectivity index (χ0v) is 14.4. The first-order valence-corrected chi connectivity index (χ1v) is 9.14. The summed E-state index contributed by atoms with van der Waals surface area (Å²) in [7, 11) is 0. The number of likely N-dealkylation sites (tertiary alicyclic amines) is 1. The molecule has 1 aromatic heterocycles. The lowest BCUT2D eigenvalue weighted by molar-refractivity contribution is -0.138. The van der Waals surface area contributed by atoms with Crippen LogP contribution in [0.3, 0.4) is 0 Å². The van der Waals surface area contributed by atoms with Crippen molar-refractivity contribution >= 4 is 5.91 Å². The van der Waals surface area contributed by atoms with Gasteiger partial charge in [0.2, 0.25) is 5.91 Å². The molecule has 6 heteroatoms. The van der Waals surface area contributed by atoms with E-state index in [1.807, 2.05) is 46.1 Å². The number of aromatic nitrogens is 3. The molecule has 132 valence electrons. The van der Waals surface area contributed by atoms with Crippen LogP contribution in [0, 0.1) is 5.92 Å². The molecule has 2 fully saturated rings. The Morgan fingerprint density at radius 3 is 2.68 bits per heavy atom. The molecule has 2 aromatic rings. The highest BCUT2D eigenvalue weighted by Gasteiger charge is 2.33. The standard InChI is InChI=1S/C19H24N4O2/c24-19(10-15-6-4-5-7-15)22-12-17(13-22)23-11-16(20-21-23)14-25-18-8-2-1-3-9-18/h1-3,8-9,11,15,17H,4-7,10,12-14H2. The van der Waals surface area contributed by atoms with Gasteiger partial charge in [-0.25, -0.2) is 4.68 Å². The fourth-order valence-corrected chi connectivity index (χ4v) is 3.65. The topological polar surface area (TPSA) is 60.2 Å². The highest BCUT2D eigenvalue weighted by Crippen LogP contribution is 2.30. The van der Waals surface area contributed by atoms with Gasteiger partial charge in [-0.1, -0.05) is 36.3 Å². The number of rotatable bonds is 6. The van der Waals surface area contributed by atoms with E-state index in [1.165, 1.54) is 25.7 Å². The van der Waals surface area contributed by atoms with Gasteiger partial charge in [-0.2, -0.15) is 0 Å². The second-order valence-electron chi connectivity index (χ2n) is 7.10. The Kier molecular flexibility index (Phi) is 4.68. The molecule has 25 heavy (non-hydrogen) atoms. The zero-order chi connectivity index (χ0) is 17.1. The number of amides is 1. The van der Waals surface area contributed by atoms with E-state index >= 15 is 0 Å². The van der Waals surface area contributed by atoms with Crippen molar-refractivity contribution in [2.24, 2.45) is 5.92 Å². The van der Waals surface area contributed by atoms with Crippen LogP contribution in [0.25, 0.3) is 0 Å². The smallest absolute Gasteiger partial charge is 0.222 e. The quantitative estimate of drug-likeness (QED) is 0.811. The molecule has 0 radical (unpaired) electrons. The maximum Gasteiger partial charge on any atom is 0.222 e. The summed E-state index contributed by atoms with van der Waals surface area (Å²) in [6.07, 6.45) is 7.65. The van der Waals surface area contributed by atoms with Gasteiger partial charge in [0, 0.05) is 19.5 Å². The number of carbonyl (C=O) groups excluding carboxylic acids is 1. The van der Waals surface area contributed by atoms with Crippen LogP contribution in [0.2, 0.25) is 0 Å². The van der Waals surface area contributed by atoms with Gasteiger partial charge in [0.25, 0.3) is 0 Å². The highest BCUT2D eigenvalue weighted by atomic mass is 16.5. The highest BCUT2D eigenvalue weighted by molar-refractivity contribution is 5.77. The molecule has 0 unspecified atom stereocenters. The van der Waals surface area contributed by atoms with E-state index in [9.17, 15) is 4.79 Å². The average molecular weight is 340 g/mol. The lowest BCUT2D eigenvalue weighted by atomic mass is 10.0. The number of hydrogen-bond donors (Lipinski definition) is 0. The molecular weight excluding hydrogens is 316 g/mol. The van der Waals surface area contributed by atoms with Crippen LogP contribution in [0.5, 0.6) is 5.75 Å². The van der Waals surface area contributed by atoms with Crippen LogP contribution in [0.15, 0.2) is 36.5 Å². The summed E-state index contributed by atoms with van der Waals surface area (Å²) < 4.78 is 7.55. The number of carbonyl (C=O) groups is 1. The first-order valence-electron chi connectivity index (χ1n) is 9.14. The van der Waals surface area contributed by atoms with Crippen molar-refractivity contribution in [3.05, 3.63) is 42.2 Å². The maximum absolute atomic E-state index is 12.3. The van der Waals surface area contributed by atoms with Gasteiger partial charge >= 0.3 is 0 Å². The number of nitrogens with zero attached hydrogens (tertiary/aromatic N) is 4. The third-order valence-electron chi connectivity index (χ3n) is 5.21. The summed E-state index contributed by atoms with van der Waals surface area (Å²) in [4.78, 5) is 14.2. The molecule has 1 saturated carbocycles. The van der Waals surface area contributed by atoms with Crippen molar-refractivity contribution in [1.82, 2.24) is 19.9 Å². The molecule has 0 atom stereocenters. The van der Waals surface area contributed by atoms with Crippen LogP contribution >= 0.6 is 0 Å². The van der Waals surface area contributed by atoms with Gasteiger partial charge in [-0.15, -0.1) is 5.10 Å². The Bertz CT molecular complexity index is 703. The SMILES string of the molecule is O=C(CC1CCCC1)N1CC(n2cc(COc3ccccc3)nn2)C1. The van der Waals surface area contributed by atoms with Gasteiger partial charge in [0.05, 0.1) is 12.2 Å². The molecule has 1 amide bonds. The van der Waals surface area contributed by atoms with Crippen molar-refractivity contribution in [2.45, 2.75) is 44.8 Å². The maximum atomic E-state index is 12.3. The van der Waals surface area contributed by atoms with E-state index in [0.29, 0.717) is 18.4 Å². The third kappa shape index (κ3) is 3.83. The fourth-order valence-electron chi connectivity index (χ4n) is 3.65.